The molecule has 1 aromatic heterocycles. The van der Waals surface area contributed by atoms with E-state index in [4.69, 9.17) is 16.2 Å². The van der Waals surface area contributed by atoms with Gasteiger partial charge in [0.25, 0.3) is 5.91 Å². The van der Waals surface area contributed by atoms with E-state index in [9.17, 15) is 4.79 Å². The maximum atomic E-state index is 11.1. The number of rotatable bonds is 3. The Bertz CT molecular complexity index is 505. The van der Waals surface area contributed by atoms with Crippen LogP contribution in [0.2, 0.25) is 0 Å². The lowest BCUT2D eigenvalue weighted by Gasteiger charge is -2.33. The average molecular weight is 278 g/mol. The van der Waals surface area contributed by atoms with Gasteiger partial charge in [-0.3, -0.25) is 9.48 Å². The third-order valence-corrected chi connectivity index (χ3v) is 4.52. The van der Waals surface area contributed by atoms with Crippen molar-refractivity contribution in [3.05, 3.63) is 11.9 Å². The van der Waals surface area contributed by atoms with Crippen LogP contribution in [0, 0.1) is 0 Å². The number of anilines is 1. The number of nitrogen functional groups attached to an aromatic ring is 1. The van der Waals surface area contributed by atoms with Gasteiger partial charge < -0.3 is 16.2 Å². The molecule has 1 unspecified atom stereocenters. The van der Waals surface area contributed by atoms with Crippen LogP contribution in [-0.4, -0.2) is 27.4 Å². The normalized spacial score (nSPS) is 25.1. The van der Waals surface area contributed by atoms with Gasteiger partial charge in [0, 0.05) is 6.20 Å². The van der Waals surface area contributed by atoms with Crippen LogP contribution in [0.15, 0.2) is 6.20 Å². The number of nitrogens with two attached hydrogens (primary N) is 2. The molecule has 2 heterocycles. The first-order chi connectivity index (χ1) is 9.58. The average Bonchev–Trinajstić information content (AvgIpc) is 2.96. The summed E-state index contributed by atoms with van der Waals surface area (Å²) in [4.78, 5) is 11.1. The number of amides is 1. The molecule has 6 heteroatoms. The summed E-state index contributed by atoms with van der Waals surface area (Å²) in [6, 6.07) is 0. The van der Waals surface area contributed by atoms with Crippen LogP contribution in [0.3, 0.4) is 0 Å². The fraction of sp³-hybridized carbons (Fsp3) is 0.714. The fourth-order valence-corrected chi connectivity index (χ4v) is 3.52. The lowest BCUT2D eigenvalue weighted by Crippen LogP contribution is -2.32. The van der Waals surface area contributed by atoms with Crippen LogP contribution in [0.1, 0.15) is 55.4 Å². The summed E-state index contributed by atoms with van der Waals surface area (Å²) in [6.07, 6.45) is 10.2. The Morgan fingerprint density at radius 3 is 2.80 bits per heavy atom. The summed E-state index contributed by atoms with van der Waals surface area (Å²) < 4.78 is 7.97. The Balaban J connectivity index is 1.64. The highest BCUT2D eigenvalue weighted by molar-refractivity contribution is 5.95. The Morgan fingerprint density at radius 2 is 2.15 bits per heavy atom. The molecule has 1 amide bonds. The first-order valence-electron chi connectivity index (χ1n) is 7.39. The minimum atomic E-state index is -0.586. The second-order valence-corrected chi connectivity index (χ2v) is 6.04. The molecule has 2 fully saturated rings. The number of hydrogen-bond donors (Lipinski definition) is 2. The van der Waals surface area contributed by atoms with E-state index in [-0.39, 0.29) is 17.4 Å². The summed E-state index contributed by atoms with van der Waals surface area (Å²) in [5, 5.41) is 4.14. The fourth-order valence-electron chi connectivity index (χ4n) is 3.52. The molecular weight excluding hydrogens is 256 g/mol. The van der Waals surface area contributed by atoms with Crippen molar-refractivity contribution in [2.75, 3.05) is 5.73 Å². The van der Waals surface area contributed by atoms with Gasteiger partial charge in [-0.25, -0.2) is 0 Å². The number of hydrogen-bond acceptors (Lipinski definition) is 4. The van der Waals surface area contributed by atoms with E-state index in [0.29, 0.717) is 12.2 Å². The molecule has 6 nitrogen and oxygen atoms in total. The van der Waals surface area contributed by atoms with Gasteiger partial charge in [-0.15, -0.1) is 0 Å². The minimum absolute atomic E-state index is 0.105. The number of ether oxygens (including phenoxy) is 1. The molecule has 0 radical (unpaired) electrons. The molecule has 2 aliphatic rings. The highest BCUT2D eigenvalue weighted by Crippen LogP contribution is 2.42. The lowest BCUT2D eigenvalue weighted by molar-refractivity contribution is -0.0688. The zero-order valence-corrected chi connectivity index (χ0v) is 11.7. The molecular formula is C14H22N4O2. The molecule has 0 bridgehead atoms. The minimum Gasteiger partial charge on any atom is -0.396 e. The van der Waals surface area contributed by atoms with E-state index >= 15 is 0 Å². The zero-order valence-electron chi connectivity index (χ0n) is 11.7. The maximum absolute atomic E-state index is 11.1. The van der Waals surface area contributed by atoms with Crippen LogP contribution in [0.25, 0.3) is 0 Å². The molecule has 0 aromatic carbocycles. The van der Waals surface area contributed by atoms with Gasteiger partial charge >= 0.3 is 0 Å². The number of nitrogens with zero attached hydrogens (tertiary/aromatic N) is 2. The summed E-state index contributed by atoms with van der Waals surface area (Å²) in [6.45, 7) is 0.638. The first-order valence-corrected chi connectivity index (χ1v) is 7.39. The Kier molecular flexibility index (Phi) is 3.41. The van der Waals surface area contributed by atoms with Crippen molar-refractivity contribution in [3.63, 3.8) is 0 Å². The summed E-state index contributed by atoms with van der Waals surface area (Å²) in [7, 11) is 0. The maximum Gasteiger partial charge on any atom is 0.271 e. The van der Waals surface area contributed by atoms with Crippen molar-refractivity contribution in [1.82, 2.24) is 9.78 Å². The zero-order chi connectivity index (χ0) is 14.2. The summed E-state index contributed by atoms with van der Waals surface area (Å²) in [5.41, 5.74) is 11.5. The highest BCUT2D eigenvalue weighted by Gasteiger charge is 2.40. The van der Waals surface area contributed by atoms with Gasteiger partial charge in [0.2, 0.25) is 0 Å². The van der Waals surface area contributed by atoms with Gasteiger partial charge in [0.1, 0.15) is 0 Å². The molecule has 110 valence electrons. The quantitative estimate of drug-likeness (QED) is 0.874. The van der Waals surface area contributed by atoms with Gasteiger partial charge in [-0.2, -0.15) is 5.10 Å². The predicted molar refractivity (Wildman–Crippen MR) is 75.1 cm³/mol. The molecule has 1 aromatic rings. The van der Waals surface area contributed by atoms with Crippen LogP contribution in [0.5, 0.6) is 0 Å². The van der Waals surface area contributed by atoms with Crippen molar-refractivity contribution in [2.45, 2.75) is 63.2 Å². The molecule has 20 heavy (non-hydrogen) atoms. The van der Waals surface area contributed by atoms with E-state index in [1.807, 2.05) is 0 Å². The highest BCUT2D eigenvalue weighted by atomic mass is 16.5. The molecule has 1 aliphatic heterocycles. The van der Waals surface area contributed by atoms with E-state index in [2.05, 4.69) is 5.10 Å². The van der Waals surface area contributed by atoms with Gasteiger partial charge in [-0.05, 0) is 25.7 Å². The number of aromatic nitrogens is 2. The lowest BCUT2D eigenvalue weighted by atomic mass is 9.83. The SMILES string of the molecule is NC(=O)c1nn(CC2CCC3(CCCCC3)O2)cc1N. The monoisotopic (exact) mass is 278 g/mol. The third kappa shape index (κ3) is 2.52. The summed E-state index contributed by atoms with van der Waals surface area (Å²) >= 11 is 0. The molecule has 1 aliphatic carbocycles. The van der Waals surface area contributed by atoms with Crippen molar-refractivity contribution < 1.29 is 9.53 Å². The molecule has 1 spiro atoms. The first kappa shape index (κ1) is 13.4. The molecule has 3 rings (SSSR count). The predicted octanol–water partition coefficient (Wildman–Crippen LogP) is 1.45. The van der Waals surface area contributed by atoms with Gasteiger partial charge in [-0.1, -0.05) is 19.3 Å². The van der Waals surface area contributed by atoms with E-state index in [1.54, 1.807) is 10.9 Å². The second kappa shape index (κ2) is 5.09. The van der Waals surface area contributed by atoms with E-state index in [1.165, 1.54) is 32.1 Å². The Labute approximate surface area is 118 Å². The van der Waals surface area contributed by atoms with Crippen molar-refractivity contribution in [3.8, 4) is 0 Å². The Morgan fingerprint density at radius 1 is 1.40 bits per heavy atom. The third-order valence-electron chi connectivity index (χ3n) is 4.52. The van der Waals surface area contributed by atoms with Crippen LogP contribution < -0.4 is 11.5 Å². The Hall–Kier alpha value is -1.56. The summed E-state index contributed by atoms with van der Waals surface area (Å²) in [5.74, 6) is -0.586. The van der Waals surface area contributed by atoms with Crippen LogP contribution >= 0.6 is 0 Å². The number of primary amides is 1. The molecule has 1 atom stereocenters. The molecule has 1 saturated carbocycles. The van der Waals surface area contributed by atoms with E-state index < -0.39 is 5.91 Å². The van der Waals surface area contributed by atoms with Gasteiger partial charge in [0.05, 0.1) is 23.9 Å². The van der Waals surface area contributed by atoms with Crippen molar-refractivity contribution in [2.24, 2.45) is 5.73 Å². The van der Waals surface area contributed by atoms with Crippen LogP contribution in [-0.2, 0) is 11.3 Å². The van der Waals surface area contributed by atoms with Crippen molar-refractivity contribution in [1.29, 1.82) is 0 Å². The molecule has 1 saturated heterocycles. The second-order valence-electron chi connectivity index (χ2n) is 6.04. The number of carbonyl (C=O) groups is 1. The largest absolute Gasteiger partial charge is 0.396 e. The van der Waals surface area contributed by atoms with Crippen LogP contribution in [0.4, 0.5) is 5.69 Å². The molecule has 4 N–H and O–H groups in total. The van der Waals surface area contributed by atoms with Gasteiger partial charge in [0.15, 0.2) is 5.69 Å². The van der Waals surface area contributed by atoms with E-state index in [0.717, 1.165) is 12.8 Å². The smallest absolute Gasteiger partial charge is 0.271 e. The standard InChI is InChI=1S/C14H22N4O2/c15-11-9-18(17-12(11)13(16)19)8-10-4-7-14(20-10)5-2-1-3-6-14/h9-10H,1-8,15H2,(H2,16,19). The van der Waals surface area contributed by atoms with Crippen molar-refractivity contribution >= 4 is 11.6 Å². The topological polar surface area (TPSA) is 96.2 Å². The number of carbonyl (C=O) groups excluding carboxylic acids is 1.